The Labute approximate surface area is 148 Å². The van der Waals surface area contributed by atoms with Crippen molar-refractivity contribution in [3.05, 3.63) is 54.1 Å². The second-order valence-corrected chi connectivity index (χ2v) is 7.06. The minimum Gasteiger partial charge on any atom is -0.482 e. The molecule has 0 aromatic heterocycles. The fraction of sp³-hybridized carbons (Fsp3) is 0.188. The van der Waals surface area contributed by atoms with Crippen molar-refractivity contribution in [3.63, 3.8) is 0 Å². The van der Waals surface area contributed by atoms with Crippen LogP contribution in [-0.2, 0) is 10.0 Å². The molecule has 0 heterocycles. The Morgan fingerprint density at radius 3 is 2.46 bits per heavy atom. The first-order valence-electron chi connectivity index (χ1n) is 7.21. The lowest BCUT2D eigenvalue weighted by Gasteiger charge is -2.14. The van der Waals surface area contributed by atoms with E-state index in [1.54, 1.807) is 0 Å². The van der Waals surface area contributed by atoms with Crippen molar-refractivity contribution in [2.75, 3.05) is 22.9 Å². The number of hydrogen-bond acceptors (Lipinski definition) is 4. The van der Waals surface area contributed by atoms with Crippen LogP contribution in [0.2, 0.25) is 0 Å². The van der Waals surface area contributed by atoms with Crippen molar-refractivity contribution in [3.8, 4) is 5.75 Å². The average molecular weight is 388 g/mol. The molecular formula is C16H15F3N2O4S. The van der Waals surface area contributed by atoms with E-state index in [1.807, 2.05) is 0 Å². The van der Waals surface area contributed by atoms with Crippen molar-refractivity contribution in [1.82, 2.24) is 0 Å². The van der Waals surface area contributed by atoms with Crippen molar-refractivity contribution < 1.29 is 31.1 Å². The van der Waals surface area contributed by atoms with Gasteiger partial charge in [0.1, 0.15) is 5.75 Å². The van der Waals surface area contributed by atoms with Crippen LogP contribution in [-0.4, -0.2) is 33.4 Å². The van der Waals surface area contributed by atoms with Crippen LogP contribution in [0.3, 0.4) is 0 Å². The van der Waals surface area contributed by atoms with Gasteiger partial charge in [-0.05, 0) is 30.3 Å². The topological polar surface area (TPSA) is 84.5 Å². The quantitative estimate of drug-likeness (QED) is 0.796. The Bertz CT molecular complexity index is 898. The van der Waals surface area contributed by atoms with E-state index in [0.717, 1.165) is 6.26 Å². The van der Waals surface area contributed by atoms with E-state index in [-0.39, 0.29) is 22.7 Å². The number of carbonyl (C=O) groups is 1. The summed E-state index contributed by atoms with van der Waals surface area (Å²) in [5, 5.41) is 2.44. The van der Waals surface area contributed by atoms with Gasteiger partial charge in [-0.1, -0.05) is 18.2 Å². The largest absolute Gasteiger partial charge is 0.482 e. The first-order valence-corrected chi connectivity index (χ1v) is 9.10. The second-order valence-electron chi connectivity index (χ2n) is 5.31. The summed E-state index contributed by atoms with van der Waals surface area (Å²) in [6, 6.07) is 11.3. The molecule has 2 aromatic carbocycles. The van der Waals surface area contributed by atoms with Gasteiger partial charge in [-0.3, -0.25) is 9.52 Å². The summed E-state index contributed by atoms with van der Waals surface area (Å²) in [5.41, 5.74) is 0.356. The van der Waals surface area contributed by atoms with Gasteiger partial charge >= 0.3 is 6.18 Å². The number of para-hydroxylation sites is 2. The number of benzene rings is 2. The monoisotopic (exact) mass is 388 g/mol. The smallest absolute Gasteiger partial charge is 0.422 e. The third kappa shape index (κ3) is 6.28. The van der Waals surface area contributed by atoms with Crippen LogP contribution >= 0.6 is 0 Å². The van der Waals surface area contributed by atoms with E-state index >= 15 is 0 Å². The molecule has 0 saturated carbocycles. The van der Waals surface area contributed by atoms with Crippen LogP contribution in [0.25, 0.3) is 0 Å². The summed E-state index contributed by atoms with van der Waals surface area (Å²) in [6.07, 6.45) is -3.54. The number of anilines is 2. The molecule has 0 bridgehead atoms. The number of halogens is 3. The number of sulfonamides is 1. The molecular weight excluding hydrogens is 373 g/mol. The van der Waals surface area contributed by atoms with Gasteiger partial charge in [-0.15, -0.1) is 0 Å². The number of ether oxygens (including phenoxy) is 1. The molecule has 0 spiro atoms. The molecule has 0 saturated heterocycles. The van der Waals surface area contributed by atoms with Crippen molar-refractivity contribution in [2.45, 2.75) is 6.18 Å². The number of hydrogen-bond donors (Lipinski definition) is 2. The molecule has 0 atom stereocenters. The Morgan fingerprint density at radius 2 is 1.81 bits per heavy atom. The highest BCUT2D eigenvalue weighted by molar-refractivity contribution is 7.92. The Balaban J connectivity index is 2.17. The van der Waals surface area contributed by atoms with Gasteiger partial charge in [0.05, 0.1) is 11.9 Å². The normalized spacial score (nSPS) is 11.7. The van der Waals surface area contributed by atoms with E-state index in [0.29, 0.717) is 0 Å². The molecule has 26 heavy (non-hydrogen) atoms. The molecule has 0 radical (unpaired) electrons. The standard InChI is InChI=1S/C16H15F3N2O4S/c1-26(23,24)21-12-6-4-5-11(9-12)15(22)20-13-7-2-3-8-14(13)25-10-16(17,18)19/h2-9,21H,10H2,1H3,(H,20,22). The number of amides is 1. The second kappa shape index (κ2) is 7.65. The molecule has 0 fully saturated rings. The number of alkyl halides is 3. The van der Waals surface area contributed by atoms with E-state index in [1.165, 1.54) is 48.5 Å². The molecule has 6 nitrogen and oxygen atoms in total. The summed E-state index contributed by atoms with van der Waals surface area (Å²) in [4.78, 5) is 12.3. The first kappa shape index (κ1) is 19.6. The highest BCUT2D eigenvalue weighted by atomic mass is 32.2. The maximum Gasteiger partial charge on any atom is 0.422 e. The summed E-state index contributed by atoms with van der Waals surface area (Å²) in [7, 11) is -3.51. The molecule has 10 heteroatoms. The molecule has 0 aliphatic rings. The molecule has 140 valence electrons. The molecule has 0 unspecified atom stereocenters. The van der Waals surface area contributed by atoms with Crippen LogP contribution in [0.15, 0.2) is 48.5 Å². The zero-order chi connectivity index (χ0) is 19.4. The van der Waals surface area contributed by atoms with Gasteiger partial charge in [-0.2, -0.15) is 13.2 Å². The molecule has 2 aromatic rings. The fourth-order valence-corrected chi connectivity index (χ4v) is 2.54. The van der Waals surface area contributed by atoms with Gasteiger partial charge in [0.2, 0.25) is 10.0 Å². The fourth-order valence-electron chi connectivity index (χ4n) is 1.99. The van der Waals surface area contributed by atoms with Gasteiger partial charge in [0.25, 0.3) is 5.91 Å². The summed E-state index contributed by atoms with van der Waals surface area (Å²) < 4.78 is 66.4. The van der Waals surface area contributed by atoms with Crippen molar-refractivity contribution in [1.29, 1.82) is 0 Å². The molecule has 2 N–H and O–H groups in total. The van der Waals surface area contributed by atoms with E-state index < -0.39 is 28.7 Å². The lowest BCUT2D eigenvalue weighted by atomic mass is 10.2. The van der Waals surface area contributed by atoms with E-state index in [2.05, 4.69) is 10.0 Å². The Kier molecular flexibility index (Phi) is 5.76. The molecule has 2 rings (SSSR count). The number of nitrogens with one attached hydrogen (secondary N) is 2. The zero-order valence-electron chi connectivity index (χ0n) is 13.5. The Morgan fingerprint density at radius 1 is 1.12 bits per heavy atom. The minimum atomic E-state index is -4.51. The lowest BCUT2D eigenvalue weighted by molar-refractivity contribution is -0.153. The number of rotatable bonds is 6. The van der Waals surface area contributed by atoms with E-state index in [9.17, 15) is 26.4 Å². The highest BCUT2D eigenvalue weighted by Gasteiger charge is 2.28. The predicted molar refractivity (Wildman–Crippen MR) is 90.9 cm³/mol. The SMILES string of the molecule is CS(=O)(=O)Nc1cccc(C(=O)Nc2ccccc2OCC(F)(F)F)c1. The van der Waals surface area contributed by atoms with Gasteiger partial charge in [0.15, 0.2) is 6.61 Å². The minimum absolute atomic E-state index is 0.0585. The molecule has 0 aliphatic carbocycles. The summed E-state index contributed by atoms with van der Waals surface area (Å²) in [6.45, 7) is -1.49. The third-order valence-corrected chi connectivity index (χ3v) is 3.56. The zero-order valence-corrected chi connectivity index (χ0v) is 14.3. The van der Waals surface area contributed by atoms with Crippen LogP contribution in [0, 0.1) is 0 Å². The first-order chi connectivity index (χ1) is 12.0. The van der Waals surface area contributed by atoms with Gasteiger partial charge in [0, 0.05) is 11.3 Å². The Hall–Kier alpha value is -2.75. The maximum atomic E-state index is 12.3. The third-order valence-electron chi connectivity index (χ3n) is 2.95. The van der Waals surface area contributed by atoms with E-state index in [4.69, 9.17) is 4.74 Å². The average Bonchev–Trinajstić information content (AvgIpc) is 2.52. The summed E-state index contributed by atoms with van der Waals surface area (Å²) >= 11 is 0. The van der Waals surface area contributed by atoms with Crippen molar-refractivity contribution in [2.24, 2.45) is 0 Å². The molecule has 0 aliphatic heterocycles. The van der Waals surface area contributed by atoms with Crippen LogP contribution < -0.4 is 14.8 Å². The van der Waals surface area contributed by atoms with Crippen LogP contribution in [0.4, 0.5) is 24.5 Å². The summed E-state index contributed by atoms with van der Waals surface area (Å²) in [5.74, 6) is -0.770. The number of carbonyl (C=O) groups excluding carboxylic acids is 1. The van der Waals surface area contributed by atoms with Gasteiger partial charge < -0.3 is 10.1 Å². The lowest BCUT2D eigenvalue weighted by Crippen LogP contribution is -2.20. The van der Waals surface area contributed by atoms with Crippen molar-refractivity contribution >= 4 is 27.3 Å². The van der Waals surface area contributed by atoms with Crippen LogP contribution in [0.1, 0.15) is 10.4 Å². The predicted octanol–water partition coefficient (Wildman–Crippen LogP) is 3.25. The molecule has 1 amide bonds. The maximum absolute atomic E-state index is 12.3. The highest BCUT2D eigenvalue weighted by Crippen LogP contribution is 2.27. The van der Waals surface area contributed by atoms with Gasteiger partial charge in [-0.25, -0.2) is 8.42 Å². The van der Waals surface area contributed by atoms with Crippen LogP contribution in [0.5, 0.6) is 5.75 Å².